The van der Waals surface area contributed by atoms with Gasteiger partial charge < -0.3 is 9.94 Å². The van der Waals surface area contributed by atoms with Gasteiger partial charge in [0, 0.05) is 18.9 Å². The van der Waals surface area contributed by atoms with Crippen LogP contribution in [0.5, 0.6) is 0 Å². The van der Waals surface area contributed by atoms with Gasteiger partial charge in [0.05, 0.1) is 17.7 Å². The Morgan fingerprint density at radius 1 is 1.19 bits per heavy atom. The fraction of sp³-hybridized carbons (Fsp3) is 0.821. The SMILES string of the molecule is CC1=C2CC3C(CCC4=CC(=O)CCC43C)C2CCC2(C1)OC1CC(C)CN(O)C1C2C. The van der Waals surface area contributed by atoms with Crippen LogP contribution in [0.3, 0.4) is 0 Å². The molecule has 4 fully saturated rings. The molecule has 2 heterocycles. The first-order chi connectivity index (χ1) is 15.2. The molecule has 0 radical (unpaired) electrons. The Morgan fingerprint density at radius 2 is 2.00 bits per heavy atom. The number of hydroxylamine groups is 2. The first-order valence-electron chi connectivity index (χ1n) is 13.3. The maximum atomic E-state index is 12.1. The summed E-state index contributed by atoms with van der Waals surface area (Å²) in [6.07, 6.45) is 12.0. The van der Waals surface area contributed by atoms with E-state index in [1.165, 1.54) is 24.8 Å². The van der Waals surface area contributed by atoms with E-state index in [-0.39, 0.29) is 23.2 Å². The fourth-order valence-electron chi connectivity index (χ4n) is 9.34. The number of piperidine rings is 1. The summed E-state index contributed by atoms with van der Waals surface area (Å²) in [7, 11) is 0. The van der Waals surface area contributed by atoms with Crippen LogP contribution in [0.25, 0.3) is 0 Å². The molecule has 0 amide bonds. The van der Waals surface area contributed by atoms with Crippen LogP contribution in [0.4, 0.5) is 0 Å². The molecule has 4 heteroatoms. The van der Waals surface area contributed by atoms with E-state index in [0.717, 1.165) is 51.0 Å². The van der Waals surface area contributed by atoms with Gasteiger partial charge in [-0.2, -0.15) is 5.06 Å². The lowest BCUT2D eigenvalue weighted by molar-refractivity contribution is -0.178. The molecule has 2 saturated carbocycles. The molecule has 0 bridgehead atoms. The van der Waals surface area contributed by atoms with Crippen LogP contribution >= 0.6 is 0 Å². The van der Waals surface area contributed by atoms with E-state index in [2.05, 4.69) is 27.7 Å². The summed E-state index contributed by atoms with van der Waals surface area (Å²) in [6, 6.07) is 0.149. The number of carbonyl (C=O) groups excluding carboxylic acids is 1. The third-order valence-corrected chi connectivity index (χ3v) is 11.0. The van der Waals surface area contributed by atoms with Gasteiger partial charge in [0.15, 0.2) is 5.78 Å². The van der Waals surface area contributed by atoms with Crippen molar-refractivity contribution in [3.05, 3.63) is 22.8 Å². The average molecular weight is 440 g/mol. The largest absolute Gasteiger partial charge is 0.369 e. The molecule has 176 valence electrons. The lowest BCUT2D eigenvalue weighted by Gasteiger charge is -2.48. The quantitative estimate of drug-likeness (QED) is 0.492. The molecule has 9 atom stereocenters. The number of hydrogen-bond acceptors (Lipinski definition) is 4. The standard InChI is InChI=1S/C28H41NO3/c1-16-11-25-26(29(31)15-16)18(3)28(32-25)10-8-21-22-6-5-19-12-20(30)7-9-27(19,4)24(22)13-23(21)17(2)14-28/h12,16,18,21-22,24-26,31H,5-11,13-15H2,1-4H3. The summed E-state index contributed by atoms with van der Waals surface area (Å²) < 4.78 is 6.93. The predicted octanol–water partition coefficient (Wildman–Crippen LogP) is 5.70. The smallest absolute Gasteiger partial charge is 0.155 e. The van der Waals surface area contributed by atoms with E-state index >= 15 is 0 Å². The van der Waals surface area contributed by atoms with Gasteiger partial charge in [-0.05, 0) is 93.5 Å². The van der Waals surface area contributed by atoms with Gasteiger partial charge in [-0.3, -0.25) is 4.79 Å². The number of ether oxygens (including phenoxy) is 1. The molecule has 6 aliphatic rings. The molecule has 1 spiro atoms. The van der Waals surface area contributed by atoms with Crippen molar-refractivity contribution >= 4 is 5.78 Å². The number of fused-ring (bicyclic) bond motifs is 6. The molecule has 0 aromatic heterocycles. The summed E-state index contributed by atoms with van der Waals surface area (Å²) in [5.74, 6) is 3.36. The second kappa shape index (κ2) is 7.26. The molecule has 2 saturated heterocycles. The molecule has 0 aromatic carbocycles. The van der Waals surface area contributed by atoms with Gasteiger partial charge in [0.2, 0.25) is 0 Å². The fourth-order valence-corrected chi connectivity index (χ4v) is 9.34. The molecule has 32 heavy (non-hydrogen) atoms. The number of ketones is 1. The van der Waals surface area contributed by atoms with Crippen molar-refractivity contribution < 1.29 is 14.7 Å². The van der Waals surface area contributed by atoms with Crippen LogP contribution in [-0.4, -0.2) is 40.3 Å². The average Bonchev–Trinajstić information content (AvgIpc) is 3.19. The number of rotatable bonds is 0. The molecule has 2 aliphatic heterocycles. The van der Waals surface area contributed by atoms with Crippen molar-refractivity contribution in [3.8, 4) is 0 Å². The Bertz CT molecular complexity index is 891. The Kier molecular flexibility index (Phi) is 4.89. The van der Waals surface area contributed by atoms with E-state index in [9.17, 15) is 10.0 Å². The number of hydrogen-bond donors (Lipinski definition) is 1. The van der Waals surface area contributed by atoms with Crippen LogP contribution < -0.4 is 0 Å². The Morgan fingerprint density at radius 3 is 2.81 bits per heavy atom. The van der Waals surface area contributed by atoms with Crippen molar-refractivity contribution in [1.82, 2.24) is 5.06 Å². The highest BCUT2D eigenvalue weighted by molar-refractivity contribution is 5.91. The summed E-state index contributed by atoms with van der Waals surface area (Å²) in [5, 5.41) is 12.4. The molecule has 0 aromatic rings. The Labute approximate surface area is 193 Å². The predicted molar refractivity (Wildman–Crippen MR) is 124 cm³/mol. The lowest BCUT2D eigenvalue weighted by Crippen LogP contribution is -2.50. The monoisotopic (exact) mass is 439 g/mol. The molecule has 4 nitrogen and oxygen atoms in total. The van der Waals surface area contributed by atoms with E-state index in [1.54, 1.807) is 16.2 Å². The zero-order valence-corrected chi connectivity index (χ0v) is 20.4. The highest BCUT2D eigenvalue weighted by Gasteiger charge is 2.59. The van der Waals surface area contributed by atoms with Crippen molar-refractivity contribution in [2.75, 3.05) is 6.54 Å². The number of carbonyl (C=O) groups is 1. The van der Waals surface area contributed by atoms with Crippen molar-refractivity contribution in [2.45, 2.75) is 103 Å². The van der Waals surface area contributed by atoms with Crippen LogP contribution in [0.15, 0.2) is 22.8 Å². The minimum absolute atomic E-state index is 0.113. The zero-order valence-electron chi connectivity index (χ0n) is 20.4. The Balaban J connectivity index is 1.30. The summed E-state index contributed by atoms with van der Waals surface area (Å²) >= 11 is 0. The van der Waals surface area contributed by atoms with Gasteiger partial charge in [-0.15, -0.1) is 0 Å². The highest BCUT2D eigenvalue weighted by atomic mass is 16.5. The summed E-state index contributed by atoms with van der Waals surface area (Å²) in [5.41, 5.74) is 4.88. The second-order valence-electron chi connectivity index (χ2n) is 12.7. The van der Waals surface area contributed by atoms with Gasteiger partial charge >= 0.3 is 0 Å². The molecule has 1 N–H and O–H groups in total. The molecule has 9 unspecified atom stereocenters. The van der Waals surface area contributed by atoms with Crippen molar-refractivity contribution in [1.29, 1.82) is 0 Å². The van der Waals surface area contributed by atoms with Crippen LogP contribution in [-0.2, 0) is 9.53 Å². The first-order valence-corrected chi connectivity index (χ1v) is 13.3. The van der Waals surface area contributed by atoms with E-state index in [4.69, 9.17) is 4.74 Å². The van der Waals surface area contributed by atoms with Gasteiger partial charge in [0.1, 0.15) is 0 Å². The van der Waals surface area contributed by atoms with Crippen molar-refractivity contribution in [2.24, 2.45) is 35.0 Å². The van der Waals surface area contributed by atoms with Gasteiger partial charge in [0.25, 0.3) is 0 Å². The molecular formula is C28H41NO3. The summed E-state index contributed by atoms with van der Waals surface area (Å²) in [4.78, 5) is 12.1. The van der Waals surface area contributed by atoms with Gasteiger partial charge in [-0.25, -0.2) is 0 Å². The van der Waals surface area contributed by atoms with Gasteiger partial charge in [-0.1, -0.05) is 37.5 Å². The highest BCUT2D eigenvalue weighted by Crippen LogP contribution is 2.64. The van der Waals surface area contributed by atoms with Crippen LogP contribution in [0.2, 0.25) is 0 Å². The molecule has 6 rings (SSSR count). The van der Waals surface area contributed by atoms with Crippen LogP contribution in [0, 0.1) is 35.0 Å². The summed E-state index contributed by atoms with van der Waals surface area (Å²) in [6.45, 7) is 10.2. The molecular weight excluding hydrogens is 398 g/mol. The minimum Gasteiger partial charge on any atom is -0.369 e. The first kappa shape index (κ1) is 21.6. The van der Waals surface area contributed by atoms with Crippen LogP contribution in [0.1, 0.15) is 85.5 Å². The maximum Gasteiger partial charge on any atom is 0.155 e. The minimum atomic E-state index is -0.113. The topological polar surface area (TPSA) is 49.8 Å². The third kappa shape index (κ3) is 2.94. The molecule has 4 aliphatic carbocycles. The number of allylic oxidation sites excluding steroid dienone is 3. The maximum absolute atomic E-state index is 12.1. The lowest BCUT2D eigenvalue weighted by atomic mass is 9.56. The van der Waals surface area contributed by atoms with E-state index in [0.29, 0.717) is 29.5 Å². The Hall–Kier alpha value is -0.970. The van der Waals surface area contributed by atoms with E-state index in [1.807, 2.05) is 6.08 Å². The third-order valence-electron chi connectivity index (χ3n) is 11.0. The number of nitrogens with zero attached hydrogens (tertiary/aromatic N) is 1. The van der Waals surface area contributed by atoms with E-state index < -0.39 is 0 Å². The second-order valence-corrected chi connectivity index (χ2v) is 12.7. The van der Waals surface area contributed by atoms with Crippen molar-refractivity contribution in [3.63, 3.8) is 0 Å². The normalized spacial score (nSPS) is 51.1. The zero-order chi connectivity index (χ0) is 22.4.